The van der Waals surface area contributed by atoms with E-state index in [9.17, 15) is 14.7 Å². The number of rotatable bonds is 4. The minimum absolute atomic E-state index is 0.0816. The Bertz CT molecular complexity index is 1850. The first-order chi connectivity index (χ1) is 22.4. The van der Waals surface area contributed by atoms with Gasteiger partial charge >= 0.3 is 0 Å². The summed E-state index contributed by atoms with van der Waals surface area (Å²) in [7, 11) is 0. The van der Waals surface area contributed by atoms with Gasteiger partial charge in [0.1, 0.15) is 0 Å². The van der Waals surface area contributed by atoms with Crippen LogP contribution in [0.4, 0.5) is 0 Å². The van der Waals surface area contributed by atoms with Crippen LogP contribution >= 0.6 is 0 Å². The molecule has 3 unspecified atom stereocenters. The Kier molecular flexibility index (Phi) is 7.39. The number of aliphatic imine (C=N–C) groups is 2. The summed E-state index contributed by atoms with van der Waals surface area (Å²) in [6.07, 6.45) is 12.2. The lowest BCUT2D eigenvalue weighted by molar-refractivity contribution is -0.680. The molecule has 8 nitrogen and oxygen atoms in total. The van der Waals surface area contributed by atoms with E-state index in [0.717, 1.165) is 34.8 Å². The van der Waals surface area contributed by atoms with Gasteiger partial charge in [0, 0.05) is 49.0 Å². The number of allylic oxidation sites excluding steroid dienone is 6. The Hall–Kier alpha value is -4.69. The molecule has 0 spiro atoms. The number of hydrazone groups is 1. The average molecular weight is 629 g/mol. The second-order valence-corrected chi connectivity index (χ2v) is 13.9. The highest BCUT2D eigenvalue weighted by molar-refractivity contribution is 6.22. The molecule has 1 saturated carbocycles. The fraction of sp³-hybridized carbons (Fsp3) is 0.359. The molecule has 0 radical (unpaired) electrons. The number of hydrazine groups is 1. The van der Waals surface area contributed by atoms with E-state index in [4.69, 9.17) is 9.98 Å². The first-order valence-corrected chi connectivity index (χ1v) is 16.5. The number of benzene rings is 2. The van der Waals surface area contributed by atoms with Crippen molar-refractivity contribution in [1.82, 2.24) is 9.91 Å². The molecule has 3 aliphatic heterocycles. The Morgan fingerprint density at radius 2 is 1.64 bits per heavy atom. The van der Waals surface area contributed by atoms with Gasteiger partial charge in [-0.15, -0.1) is 9.69 Å². The van der Waals surface area contributed by atoms with Crippen molar-refractivity contribution < 1.29 is 19.4 Å². The molecule has 2 amide bonds. The molecule has 2 aliphatic carbocycles. The number of aliphatic hydroxyl groups is 1. The van der Waals surface area contributed by atoms with E-state index in [-0.39, 0.29) is 42.5 Å². The Labute approximate surface area is 276 Å². The van der Waals surface area contributed by atoms with Gasteiger partial charge in [0.25, 0.3) is 11.8 Å². The smallest absolute Gasteiger partial charge is 0.262 e. The molecule has 240 valence electrons. The zero-order valence-electron chi connectivity index (χ0n) is 27.8. The number of hydrogen-bond acceptors (Lipinski definition) is 6. The predicted molar refractivity (Wildman–Crippen MR) is 184 cm³/mol. The molecule has 8 heteroatoms. The van der Waals surface area contributed by atoms with Gasteiger partial charge in [-0.3, -0.25) is 19.5 Å². The molecule has 0 aromatic heterocycles. The van der Waals surface area contributed by atoms with Crippen molar-refractivity contribution in [1.29, 1.82) is 0 Å². The van der Waals surface area contributed by atoms with Gasteiger partial charge in [0.2, 0.25) is 6.04 Å². The van der Waals surface area contributed by atoms with Gasteiger partial charge in [0.05, 0.1) is 28.0 Å². The van der Waals surface area contributed by atoms with Gasteiger partial charge in [-0.2, -0.15) is 0 Å². The summed E-state index contributed by atoms with van der Waals surface area (Å²) in [5.74, 6) is 0.451. The quantitative estimate of drug-likeness (QED) is 0.323. The molecule has 2 aromatic carbocycles. The largest absolute Gasteiger partial charge is 0.390 e. The Balaban J connectivity index is 1.33. The lowest BCUT2D eigenvalue weighted by Gasteiger charge is -2.55. The molecule has 1 N–H and O–H groups in total. The van der Waals surface area contributed by atoms with Crippen LogP contribution < -0.4 is 0 Å². The third kappa shape index (κ3) is 4.97. The highest BCUT2D eigenvalue weighted by Gasteiger charge is 2.60. The van der Waals surface area contributed by atoms with Crippen LogP contribution in [0.3, 0.4) is 0 Å². The molecular formula is C39H42N5O3+. The van der Waals surface area contributed by atoms with E-state index in [2.05, 4.69) is 76.9 Å². The molecular weight excluding hydrogens is 586 g/mol. The summed E-state index contributed by atoms with van der Waals surface area (Å²) in [4.78, 5) is 39.1. The molecule has 0 bridgehead atoms. The molecule has 1 fully saturated rings. The summed E-state index contributed by atoms with van der Waals surface area (Å²) >= 11 is 0. The number of carbonyl (C=O) groups excluding carboxylic acids is 2. The number of amides is 2. The van der Waals surface area contributed by atoms with Crippen LogP contribution in [0.25, 0.3) is 0 Å². The minimum Gasteiger partial charge on any atom is -0.390 e. The summed E-state index contributed by atoms with van der Waals surface area (Å²) in [5.41, 5.74) is 5.00. The highest BCUT2D eigenvalue weighted by Crippen LogP contribution is 2.54. The second kappa shape index (κ2) is 11.2. The molecule has 7 rings (SSSR count). The van der Waals surface area contributed by atoms with Crippen LogP contribution in [-0.4, -0.2) is 68.0 Å². The molecule has 5 aliphatic rings. The van der Waals surface area contributed by atoms with E-state index in [1.54, 1.807) is 31.2 Å². The first kappa shape index (κ1) is 30.9. The van der Waals surface area contributed by atoms with Crippen molar-refractivity contribution in [3.05, 3.63) is 118 Å². The fourth-order valence-electron chi connectivity index (χ4n) is 7.95. The monoisotopic (exact) mass is 628 g/mol. The average Bonchev–Trinajstić information content (AvgIpc) is 3.47. The van der Waals surface area contributed by atoms with E-state index in [0.29, 0.717) is 17.8 Å². The summed E-state index contributed by atoms with van der Waals surface area (Å²) in [5, 5.41) is 13.0. The van der Waals surface area contributed by atoms with Crippen molar-refractivity contribution in [2.45, 2.75) is 71.1 Å². The zero-order valence-corrected chi connectivity index (χ0v) is 27.8. The number of fused-ring (bicyclic) bond motifs is 2. The van der Waals surface area contributed by atoms with Crippen LogP contribution in [-0.2, 0) is 5.54 Å². The van der Waals surface area contributed by atoms with Gasteiger partial charge < -0.3 is 5.11 Å². The molecule has 0 saturated heterocycles. The van der Waals surface area contributed by atoms with Crippen LogP contribution in [0, 0.1) is 11.8 Å². The van der Waals surface area contributed by atoms with Gasteiger partial charge in [-0.25, -0.2) is 4.99 Å². The zero-order chi connectivity index (χ0) is 33.2. The third-order valence-electron chi connectivity index (χ3n) is 10.7. The van der Waals surface area contributed by atoms with Crippen molar-refractivity contribution in [2.75, 3.05) is 6.67 Å². The number of imide groups is 1. The van der Waals surface area contributed by atoms with Gasteiger partial charge in [0.15, 0.2) is 19.2 Å². The molecule has 47 heavy (non-hydrogen) atoms. The van der Waals surface area contributed by atoms with E-state index in [1.807, 2.05) is 21.8 Å². The van der Waals surface area contributed by atoms with Crippen molar-refractivity contribution in [3.63, 3.8) is 0 Å². The number of hydrogen-bond donors (Lipinski definition) is 1. The number of nitrogens with zero attached hydrogens (tertiary/aromatic N) is 5. The van der Waals surface area contributed by atoms with Crippen LogP contribution in [0.5, 0.6) is 0 Å². The maximum absolute atomic E-state index is 13.7. The Morgan fingerprint density at radius 1 is 0.979 bits per heavy atom. The van der Waals surface area contributed by atoms with Crippen LogP contribution in [0.2, 0.25) is 0 Å². The van der Waals surface area contributed by atoms with Crippen LogP contribution in [0.1, 0.15) is 85.7 Å². The lowest BCUT2D eigenvalue weighted by Crippen LogP contribution is -2.63. The maximum atomic E-state index is 13.7. The normalized spacial score (nSPS) is 30.6. The lowest BCUT2D eigenvalue weighted by atomic mass is 9.61. The van der Waals surface area contributed by atoms with E-state index in [1.165, 1.54) is 16.0 Å². The van der Waals surface area contributed by atoms with Crippen molar-refractivity contribution in [3.8, 4) is 0 Å². The van der Waals surface area contributed by atoms with E-state index < -0.39 is 11.1 Å². The first-order valence-electron chi connectivity index (χ1n) is 16.5. The Morgan fingerprint density at radius 3 is 2.23 bits per heavy atom. The van der Waals surface area contributed by atoms with Crippen LogP contribution in [0.15, 0.2) is 106 Å². The van der Waals surface area contributed by atoms with Crippen molar-refractivity contribution >= 4 is 30.0 Å². The maximum Gasteiger partial charge on any atom is 0.262 e. The van der Waals surface area contributed by atoms with Gasteiger partial charge in [-0.05, 0) is 50.5 Å². The third-order valence-corrected chi connectivity index (χ3v) is 10.7. The molecule has 2 aromatic rings. The fourth-order valence-corrected chi connectivity index (χ4v) is 7.95. The summed E-state index contributed by atoms with van der Waals surface area (Å²) in [6, 6.07) is 15.2. The predicted octanol–water partition coefficient (Wildman–Crippen LogP) is 6.20. The molecule has 3 atom stereocenters. The molecule has 3 heterocycles. The summed E-state index contributed by atoms with van der Waals surface area (Å²) < 4.78 is 1.93. The minimum atomic E-state index is -0.990. The number of carbonyl (C=O) groups is 2. The van der Waals surface area contributed by atoms with E-state index >= 15 is 0 Å². The van der Waals surface area contributed by atoms with Crippen molar-refractivity contribution in [2.24, 2.45) is 21.8 Å². The second-order valence-electron chi connectivity index (χ2n) is 13.9. The van der Waals surface area contributed by atoms with Gasteiger partial charge in [-0.1, -0.05) is 73.2 Å². The highest BCUT2D eigenvalue weighted by atomic mass is 16.3. The summed E-state index contributed by atoms with van der Waals surface area (Å²) in [6.45, 7) is 15.0. The standard InChI is InChI=1S/C39H42N5O3/c1-24-20-33-41-27(4)25(2)26(3)34(28-12-8-7-9-13-28)35(40-23-43(33)42(24)6)29-16-18-30(19-17-29)39(21-38(5,47)22-39)44-36(45)31-14-10-11-15-32(31)37(44)46/h7-12,14-20,24-25,28,47H,6,13,21-23H2,1-5H3/q+1. The topological polar surface area (TPSA) is 88.6 Å². The SMILES string of the molecule is C=[N+]1C(C)C=C2N=C(C)C(C)C(C)=C(C3C=CC=CC3)C(c3ccc(C4(N5C(=O)c6ccccc6C5=O)CC(C)(O)C4)cc3)=NCN21.